The lowest BCUT2D eigenvalue weighted by atomic mass is 10.2. The maximum Gasteiger partial charge on any atom is 0.243 e. The lowest BCUT2D eigenvalue weighted by Crippen LogP contribution is -2.48. The maximum atomic E-state index is 13.9. The van der Waals surface area contributed by atoms with E-state index in [1.807, 2.05) is 4.90 Å². The quantitative estimate of drug-likeness (QED) is 0.617. The van der Waals surface area contributed by atoms with Crippen LogP contribution in [0.25, 0.3) is 0 Å². The molecule has 0 bridgehead atoms. The third-order valence-electron chi connectivity index (χ3n) is 5.75. The average molecular weight is 484 g/mol. The Hall–Kier alpha value is -1.89. The van der Waals surface area contributed by atoms with Gasteiger partial charge in [-0.05, 0) is 30.3 Å². The maximum absolute atomic E-state index is 13.9. The molecule has 32 heavy (non-hydrogen) atoms. The number of rotatable bonds is 6. The fourth-order valence-corrected chi connectivity index (χ4v) is 6.69. The first-order valence-electron chi connectivity index (χ1n) is 10.4. The molecule has 0 radical (unpaired) electrons. The van der Waals surface area contributed by atoms with Crippen molar-refractivity contribution in [2.75, 3.05) is 52.5 Å². The number of morpholine rings is 1. The largest absolute Gasteiger partial charge is 0.379 e. The summed E-state index contributed by atoms with van der Waals surface area (Å²) in [4.78, 5) is 2.14. The highest BCUT2D eigenvalue weighted by molar-refractivity contribution is 7.89. The number of hydrogen-bond acceptors (Lipinski definition) is 6. The van der Waals surface area contributed by atoms with Crippen molar-refractivity contribution in [3.63, 3.8) is 0 Å². The lowest BCUT2D eigenvalue weighted by Gasteiger charge is -2.34. The van der Waals surface area contributed by atoms with E-state index in [0.29, 0.717) is 38.4 Å². The van der Waals surface area contributed by atoms with Crippen molar-refractivity contribution in [2.24, 2.45) is 0 Å². The molecule has 11 heteroatoms. The third kappa shape index (κ3) is 4.87. The summed E-state index contributed by atoms with van der Waals surface area (Å²) in [7, 11) is -7.43. The van der Waals surface area contributed by atoms with Gasteiger partial charge in [-0.3, -0.25) is 4.90 Å². The van der Waals surface area contributed by atoms with Crippen molar-refractivity contribution >= 4 is 20.0 Å². The summed E-state index contributed by atoms with van der Waals surface area (Å²) >= 11 is 0. The van der Waals surface area contributed by atoms with Crippen molar-refractivity contribution in [1.29, 1.82) is 0 Å². The van der Waals surface area contributed by atoms with Gasteiger partial charge < -0.3 is 4.74 Å². The van der Waals surface area contributed by atoms with Gasteiger partial charge in [-0.15, -0.1) is 0 Å². The molecule has 174 valence electrons. The average Bonchev–Trinajstić information content (AvgIpc) is 2.81. The molecule has 2 heterocycles. The summed E-state index contributed by atoms with van der Waals surface area (Å²) < 4.78 is 73.4. The van der Waals surface area contributed by atoms with Crippen molar-refractivity contribution in [3.8, 4) is 0 Å². The molecule has 4 rings (SSSR count). The molecule has 0 amide bonds. The van der Waals surface area contributed by atoms with Gasteiger partial charge in [0.1, 0.15) is 5.82 Å². The SMILES string of the molecule is O=S(=O)(c1ccc(S(=O)(=O)N2CCN(Cc3ccccc3F)CC2)cc1)N1CCOCC1. The van der Waals surface area contributed by atoms with Crippen LogP contribution in [0.3, 0.4) is 0 Å². The molecule has 0 aliphatic carbocycles. The number of halogens is 1. The minimum Gasteiger partial charge on any atom is -0.379 e. The molecular weight excluding hydrogens is 457 g/mol. The van der Waals surface area contributed by atoms with Crippen LogP contribution in [0, 0.1) is 5.82 Å². The van der Waals surface area contributed by atoms with Gasteiger partial charge in [-0.1, -0.05) is 18.2 Å². The zero-order chi connectivity index (χ0) is 22.8. The van der Waals surface area contributed by atoms with E-state index in [1.54, 1.807) is 18.2 Å². The number of piperazine rings is 1. The Kier molecular flexibility index (Phi) is 6.94. The third-order valence-corrected chi connectivity index (χ3v) is 9.58. The molecule has 0 atom stereocenters. The van der Waals surface area contributed by atoms with Crippen LogP contribution in [0.5, 0.6) is 0 Å². The topological polar surface area (TPSA) is 87.2 Å². The fourth-order valence-electron chi connectivity index (χ4n) is 3.86. The molecule has 2 aromatic rings. The minimum absolute atomic E-state index is 0.0565. The smallest absolute Gasteiger partial charge is 0.243 e. The second-order valence-electron chi connectivity index (χ2n) is 7.76. The Bertz CT molecular complexity index is 1140. The number of ether oxygens (including phenoxy) is 1. The molecule has 0 N–H and O–H groups in total. The Morgan fingerprint density at radius 3 is 1.75 bits per heavy atom. The van der Waals surface area contributed by atoms with Gasteiger partial charge in [-0.25, -0.2) is 21.2 Å². The predicted octanol–water partition coefficient (Wildman–Crippen LogP) is 1.35. The zero-order valence-corrected chi connectivity index (χ0v) is 19.2. The van der Waals surface area contributed by atoms with Crippen LogP contribution in [-0.2, 0) is 31.3 Å². The van der Waals surface area contributed by atoms with Crippen LogP contribution in [-0.4, -0.2) is 82.8 Å². The van der Waals surface area contributed by atoms with Crippen molar-refractivity contribution in [3.05, 3.63) is 59.9 Å². The minimum atomic E-state index is -3.75. The first kappa shape index (κ1) is 23.3. The van der Waals surface area contributed by atoms with Gasteiger partial charge in [0.05, 0.1) is 23.0 Å². The zero-order valence-electron chi connectivity index (χ0n) is 17.6. The van der Waals surface area contributed by atoms with Crippen molar-refractivity contribution < 1.29 is 26.0 Å². The molecule has 0 saturated carbocycles. The number of hydrogen-bond donors (Lipinski definition) is 0. The number of nitrogens with zero attached hydrogens (tertiary/aromatic N) is 3. The molecule has 2 fully saturated rings. The van der Waals surface area contributed by atoms with Crippen molar-refractivity contribution in [1.82, 2.24) is 13.5 Å². The molecule has 8 nitrogen and oxygen atoms in total. The van der Waals surface area contributed by atoms with E-state index in [-0.39, 0.29) is 41.8 Å². The predicted molar refractivity (Wildman–Crippen MR) is 116 cm³/mol. The Labute approximate surface area is 188 Å². The summed E-state index contributed by atoms with van der Waals surface area (Å²) in [5.74, 6) is -0.269. The lowest BCUT2D eigenvalue weighted by molar-refractivity contribution is 0.0730. The van der Waals surface area contributed by atoms with Crippen LogP contribution in [0.2, 0.25) is 0 Å². The Balaban J connectivity index is 1.41. The fraction of sp³-hybridized carbons (Fsp3) is 0.429. The monoisotopic (exact) mass is 483 g/mol. The molecule has 2 aromatic carbocycles. The van der Waals surface area contributed by atoms with Gasteiger partial charge >= 0.3 is 0 Å². The molecule has 0 spiro atoms. The first-order chi connectivity index (χ1) is 15.3. The van der Waals surface area contributed by atoms with E-state index in [1.165, 1.54) is 38.9 Å². The standard InChI is InChI=1S/C21H26FN3O5S2/c22-21-4-2-1-3-18(21)17-23-9-11-24(12-10-23)31(26,27)19-5-7-20(8-6-19)32(28,29)25-13-15-30-16-14-25/h1-8H,9-17H2. The highest BCUT2D eigenvalue weighted by Gasteiger charge is 2.30. The Morgan fingerprint density at radius 2 is 1.22 bits per heavy atom. The summed E-state index contributed by atoms with van der Waals surface area (Å²) in [6, 6.07) is 11.9. The van der Waals surface area contributed by atoms with E-state index < -0.39 is 20.0 Å². The van der Waals surface area contributed by atoms with Crippen LogP contribution in [0.1, 0.15) is 5.56 Å². The van der Waals surface area contributed by atoms with Gasteiger partial charge in [0.2, 0.25) is 20.0 Å². The second-order valence-corrected chi connectivity index (χ2v) is 11.6. The van der Waals surface area contributed by atoms with Crippen molar-refractivity contribution in [2.45, 2.75) is 16.3 Å². The van der Waals surface area contributed by atoms with E-state index in [9.17, 15) is 21.2 Å². The molecule has 2 aliphatic rings. The molecular formula is C21H26FN3O5S2. The van der Waals surface area contributed by atoms with E-state index >= 15 is 0 Å². The molecule has 0 unspecified atom stereocenters. The van der Waals surface area contributed by atoms with E-state index in [4.69, 9.17) is 4.74 Å². The van der Waals surface area contributed by atoms with Gasteiger partial charge in [0.15, 0.2) is 0 Å². The van der Waals surface area contributed by atoms with Crippen LogP contribution < -0.4 is 0 Å². The van der Waals surface area contributed by atoms with Gasteiger partial charge in [0, 0.05) is 51.4 Å². The molecule has 0 aromatic heterocycles. The molecule has 2 saturated heterocycles. The second kappa shape index (κ2) is 9.54. The highest BCUT2D eigenvalue weighted by atomic mass is 32.2. The first-order valence-corrected chi connectivity index (χ1v) is 13.3. The van der Waals surface area contributed by atoms with Gasteiger partial charge in [0.25, 0.3) is 0 Å². The van der Waals surface area contributed by atoms with E-state index in [2.05, 4.69) is 0 Å². The summed E-state index contributed by atoms with van der Waals surface area (Å²) in [5, 5.41) is 0. The van der Waals surface area contributed by atoms with Crippen LogP contribution in [0.4, 0.5) is 4.39 Å². The van der Waals surface area contributed by atoms with Crippen LogP contribution in [0.15, 0.2) is 58.3 Å². The number of benzene rings is 2. The Morgan fingerprint density at radius 1 is 0.719 bits per heavy atom. The summed E-state index contributed by atoms with van der Waals surface area (Å²) in [6.45, 7) is 3.19. The highest BCUT2D eigenvalue weighted by Crippen LogP contribution is 2.23. The van der Waals surface area contributed by atoms with Gasteiger partial charge in [-0.2, -0.15) is 8.61 Å². The van der Waals surface area contributed by atoms with E-state index in [0.717, 1.165) is 0 Å². The summed E-state index contributed by atoms with van der Waals surface area (Å²) in [5.41, 5.74) is 0.584. The number of sulfonamides is 2. The normalized spacial score (nSPS) is 19.8. The molecule has 2 aliphatic heterocycles. The van der Waals surface area contributed by atoms with Crippen LogP contribution >= 0.6 is 0 Å². The summed E-state index contributed by atoms with van der Waals surface area (Å²) in [6.07, 6.45) is 0.